The Morgan fingerprint density at radius 1 is 1.62 bits per heavy atom. The van der Waals surface area contributed by atoms with Crippen LogP contribution in [0.1, 0.15) is 25.7 Å². The van der Waals surface area contributed by atoms with Gasteiger partial charge >= 0.3 is 0 Å². The van der Waals surface area contributed by atoms with Crippen LogP contribution in [0.2, 0.25) is 0 Å². The fraction of sp³-hybridized carbons (Fsp3) is 0.545. The number of ketones is 1. The van der Waals surface area contributed by atoms with E-state index in [1.165, 1.54) is 6.08 Å². The minimum Gasteiger partial charge on any atom is -0.378 e. The van der Waals surface area contributed by atoms with Crippen LogP contribution in [0.5, 0.6) is 0 Å². The van der Waals surface area contributed by atoms with E-state index in [9.17, 15) is 9.90 Å². The van der Waals surface area contributed by atoms with Crippen LogP contribution in [0, 0.1) is 5.92 Å². The first-order valence-electron chi connectivity index (χ1n) is 4.65. The second kappa shape index (κ2) is 3.88. The zero-order valence-electron chi connectivity index (χ0n) is 7.83. The predicted octanol–water partition coefficient (Wildman–Crippen LogP) is 1.85. The highest BCUT2D eigenvalue weighted by molar-refractivity contribution is 5.91. The highest BCUT2D eigenvalue weighted by Crippen LogP contribution is 2.31. The van der Waals surface area contributed by atoms with E-state index in [-0.39, 0.29) is 11.7 Å². The monoisotopic (exact) mass is 180 g/mol. The van der Waals surface area contributed by atoms with E-state index >= 15 is 0 Å². The van der Waals surface area contributed by atoms with Crippen LogP contribution in [0.4, 0.5) is 0 Å². The van der Waals surface area contributed by atoms with E-state index in [4.69, 9.17) is 0 Å². The Morgan fingerprint density at radius 2 is 2.31 bits per heavy atom. The van der Waals surface area contributed by atoms with Gasteiger partial charge in [-0.15, -0.1) is 6.58 Å². The molecule has 0 heterocycles. The lowest BCUT2D eigenvalue weighted by atomic mass is 9.75. The summed E-state index contributed by atoms with van der Waals surface area (Å²) in [5.41, 5.74) is -1.27. The van der Waals surface area contributed by atoms with Gasteiger partial charge in [-0.2, -0.15) is 0 Å². The maximum Gasteiger partial charge on any atom is 0.171 e. The highest BCUT2D eigenvalue weighted by atomic mass is 16.3. The molecule has 72 valence electrons. The van der Waals surface area contributed by atoms with Crippen molar-refractivity contribution in [1.29, 1.82) is 0 Å². The van der Waals surface area contributed by atoms with Crippen molar-refractivity contribution >= 4 is 5.78 Å². The Kier molecular flexibility index (Phi) is 3.04. The second-order valence-electron chi connectivity index (χ2n) is 3.61. The van der Waals surface area contributed by atoms with E-state index in [0.29, 0.717) is 12.8 Å². The van der Waals surface area contributed by atoms with E-state index in [1.807, 2.05) is 0 Å². The zero-order valence-corrected chi connectivity index (χ0v) is 7.83. The molecule has 1 aliphatic carbocycles. The Morgan fingerprint density at radius 3 is 2.85 bits per heavy atom. The molecule has 0 amide bonds. The molecular weight excluding hydrogens is 164 g/mol. The third-order valence-corrected chi connectivity index (χ3v) is 2.70. The third-order valence-electron chi connectivity index (χ3n) is 2.70. The Labute approximate surface area is 79.0 Å². The summed E-state index contributed by atoms with van der Waals surface area (Å²) < 4.78 is 0. The van der Waals surface area contributed by atoms with Gasteiger partial charge in [-0.3, -0.25) is 4.79 Å². The number of aliphatic hydroxyl groups is 1. The largest absolute Gasteiger partial charge is 0.378 e. The molecule has 0 spiro atoms. The number of carbonyl (C=O) groups is 1. The van der Waals surface area contributed by atoms with Gasteiger partial charge < -0.3 is 5.11 Å². The number of hydrogen-bond donors (Lipinski definition) is 1. The molecule has 2 heteroatoms. The molecule has 2 atom stereocenters. The summed E-state index contributed by atoms with van der Waals surface area (Å²) in [5, 5.41) is 9.84. The molecular formula is C11H16O2. The van der Waals surface area contributed by atoms with Crippen LogP contribution in [0.15, 0.2) is 25.3 Å². The van der Waals surface area contributed by atoms with E-state index in [1.54, 1.807) is 6.08 Å². The first kappa shape index (κ1) is 10.2. The number of allylic oxidation sites excluding steroid dienone is 1. The summed E-state index contributed by atoms with van der Waals surface area (Å²) in [4.78, 5) is 11.7. The Bertz CT molecular complexity index is 232. The summed E-state index contributed by atoms with van der Waals surface area (Å²) in [6, 6.07) is 0. The van der Waals surface area contributed by atoms with Gasteiger partial charge in [0.15, 0.2) is 5.78 Å². The van der Waals surface area contributed by atoms with Crippen molar-refractivity contribution in [3.63, 3.8) is 0 Å². The lowest BCUT2D eigenvalue weighted by molar-refractivity contribution is -0.140. The van der Waals surface area contributed by atoms with Crippen LogP contribution < -0.4 is 0 Å². The van der Waals surface area contributed by atoms with Gasteiger partial charge in [0.05, 0.1) is 0 Å². The van der Waals surface area contributed by atoms with Crippen molar-refractivity contribution < 1.29 is 9.90 Å². The highest BCUT2D eigenvalue weighted by Gasteiger charge is 2.39. The normalized spacial score (nSPS) is 34.2. The maximum atomic E-state index is 11.7. The number of carbonyl (C=O) groups excluding carboxylic acids is 1. The Balaban J connectivity index is 2.76. The zero-order chi connectivity index (χ0) is 9.90. The first-order chi connectivity index (χ1) is 6.14. The van der Waals surface area contributed by atoms with Crippen LogP contribution in [-0.4, -0.2) is 16.5 Å². The summed E-state index contributed by atoms with van der Waals surface area (Å²) in [7, 11) is 0. The Hall–Kier alpha value is -0.890. The molecule has 0 radical (unpaired) electrons. The topological polar surface area (TPSA) is 37.3 Å². The van der Waals surface area contributed by atoms with E-state index in [0.717, 1.165) is 12.8 Å². The van der Waals surface area contributed by atoms with E-state index < -0.39 is 5.60 Å². The van der Waals surface area contributed by atoms with Crippen LogP contribution in [0.25, 0.3) is 0 Å². The van der Waals surface area contributed by atoms with Crippen LogP contribution in [-0.2, 0) is 4.79 Å². The molecule has 1 aliphatic rings. The van der Waals surface area contributed by atoms with Crippen molar-refractivity contribution in [2.24, 2.45) is 5.92 Å². The van der Waals surface area contributed by atoms with Gasteiger partial charge in [0, 0.05) is 5.92 Å². The molecule has 0 aliphatic heterocycles. The van der Waals surface area contributed by atoms with E-state index in [2.05, 4.69) is 13.2 Å². The number of hydrogen-bond acceptors (Lipinski definition) is 2. The van der Waals surface area contributed by atoms with Crippen LogP contribution >= 0.6 is 0 Å². The van der Waals surface area contributed by atoms with Gasteiger partial charge in [-0.25, -0.2) is 0 Å². The quantitative estimate of drug-likeness (QED) is 0.673. The van der Waals surface area contributed by atoms with Crippen LogP contribution in [0.3, 0.4) is 0 Å². The molecule has 1 N–H and O–H groups in total. The SMILES string of the molecule is C=CC[C@H]1CCC[C@](O)(C=C)C1=O. The smallest absolute Gasteiger partial charge is 0.171 e. The van der Waals surface area contributed by atoms with Crippen molar-refractivity contribution in [1.82, 2.24) is 0 Å². The summed E-state index contributed by atoms with van der Waals surface area (Å²) in [6.45, 7) is 7.11. The third kappa shape index (κ3) is 1.89. The molecule has 0 bridgehead atoms. The summed E-state index contributed by atoms with van der Waals surface area (Å²) >= 11 is 0. The van der Waals surface area contributed by atoms with Gasteiger partial charge in [-0.1, -0.05) is 18.7 Å². The van der Waals surface area contributed by atoms with Gasteiger partial charge in [-0.05, 0) is 25.7 Å². The molecule has 0 aromatic heterocycles. The molecule has 0 saturated heterocycles. The lowest BCUT2D eigenvalue weighted by Gasteiger charge is -2.32. The molecule has 1 fully saturated rings. The van der Waals surface area contributed by atoms with Crippen molar-refractivity contribution in [2.75, 3.05) is 0 Å². The first-order valence-corrected chi connectivity index (χ1v) is 4.65. The van der Waals surface area contributed by atoms with Gasteiger partial charge in [0.2, 0.25) is 0 Å². The molecule has 0 unspecified atom stereocenters. The molecule has 0 aromatic carbocycles. The van der Waals surface area contributed by atoms with Crippen molar-refractivity contribution in [2.45, 2.75) is 31.3 Å². The lowest BCUT2D eigenvalue weighted by Crippen LogP contribution is -2.44. The minimum atomic E-state index is -1.27. The molecule has 1 rings (SSSR count). The number of rotatable bonds is 3. The molecule has 1 saturated carbocycles. The van der Waals surface area contributed by atoms with Gasteiger partial charge in [0.25, 0.3) is 0 Å². The average Bonchev–Trinajstić information content (AvgIpc) is 2.14. The van der Waals surface area contributed by atoms with Crippen molar-refractivity contribution in [3.8, 4) is 0 Å². The molecule has 13 heavy (non-hydrogen) atoms. The fourth-order valence-corrected chi connectivity index (χ4v) is 1.85. The predicted molar refractivity (Wildman–Crippen MR) is 52.3 cm³/mol. The second-order valence-corrected chi connectivity index (χ2v) is 3.61. The molecule has 2 nitrogen and oxygen atoms in total. The summed E-state index contributed by atoms with van der Waals surface area (Å²) in [6.07, 6.45) is 6.02. The maximum absolute atomic E-state index is 11.7. The summed E-state index contributed by atoms with van der Waals surface area (Å²) in [5.74, 6) is -0.150. The minimum absolute atomic E-state index is 0.0609. The average molecular weight is 180 g/mol. The standard InChI is InChI=1S/C11H16O2/c1-3-6-9-7-5-8-11(13,4-2)10(9)12/h3-4,9,13H,1-2,5-8H2/t9-,11+/m0/s1. The fourth-order valence-electron chi connectivity index (χ4n) is 1.85. The number of Topliss-reactive ketones (excluding diaryl/α,β-unsaturated/α-hetero) is 1. The van der Waals surface area contributed by atoms with Gasteiger partial charge in [0.1, 0.15) is 5.60 Å². The molecule has 0 aromatic rings. The van der Waals surface area contributed by atoms with Crippen molar-refractivity contribution in [3.05, 3.63) is 25.3 Å².